The van der Waals surface area contributed by atoms with Gasteiger partial charge in [0.05, 0.1) is 17.2 Å². The Morgan fingerprint density at radius 1 is 1.05 bits per heavy atom. The first-order chi connectivity index (χ1) is 20.5. The minimum Gasteiger partial charge on any atom is -0.383 e. The number of benzene rings is 2. The van der Waals surface area contributed by atoms with E-state index in [-0.39, 0.29) is 23.1 Å². The number of carbonyl (C=O) groups is 2. The third kappa shape index (κ3) is 4.27. The van der Waals surface area contributed by atoms with Gasteiger partial charge >= 0.3 is 0 Å². The van der Waals surface area contributed by atoms with E-state index in [4.69, 9.17) is 15.7 Å². The zero-order valence-electron chi connectivity index (χ0n) is 22.1. The quantitative estimate of drug-likeness (QED) is 0.285. The molecule has 10 nitrogen and oxygen atoms in total. The number of fused-ring (bicyclic) bond motifs is 2. The van der Waals surface area contributed by atoms with E-state index in [1.807, 2.05) is 53.2 Å². The number of nitrogens with two attached hydrogens (primary N) is 1. The van der Waals surface area contributed by atoms with Gasteiger partial charge in [-0.1, -0.05) is 6.07 Å². The second kappa shape index (κ2) is 10.0. The highest BCUT2D eigenvalue weighted by Crippen LogP contribution is 2.36. The van der Waals surface area contributed by atoms with Gasteiger partial charge in [0.1, 0.15) is 17.2 Å². The van der Waals surface area contributed by atoms with E-state index in [0.29, 0.717) is 46.9 Å². The van der Waals surface area contributed by atoms with Crippen molar-refractivity contribution in [3.8, 4) is 22.9 Å². The molecule has 6 aromatic rings. The molecule has 4 heterocycles. The van der Waals surface area contributed by atoms with E-state index in [1.54, 1.807) is 17.1 Å². The Morgan fingerprint density at radius 3 is 2.76 bits per heavy atom. The Balaban J connectivity index is 1.29. The summed E-state index contributed by atoms with van der Waals surface area (Å²) in [6, 6.07) is 18.8. The number of halogens is 1. The molecule has 1 amide bonds. The highest BCUT2D eigenvalue weighted by Gasteiger charge is 2.26. The van der Waals surface area contributed by atoms with Crippen LogP contribution in [0.5, 0.6) is 0 Å². The molecule has 0 saturated carbocycles. The summed E-state index contributed by atoms with van der Waals surface area (Å²) in [5.41, 5.74) is 11.2. The van der Waals surface area contributed by atoms with Crippen LogP contribution in [0.3, 0.4) is 0 Å². The fourth-order valence-electron chi connectivity index (χ4n) is 5.42. The van der Waals surface area contributed by atoms with E-state index >= 15 is 0 Å². The van der Waals surface area contributed by atoms with Gasteiger partial charge in [0.2, 0.25) is 0 Å². The number of nitrogens with one attached hydrogen (secondary N) is 1. The van der Waals surface area contributed by atoms with Gasteiger partial charge in [-0.15, -0.1) is 0 Å². The molecule has 0 bridgehead atoms. The molecular weight excluding hydrogens is 535 g/mol. The Hall–Kier alpha value is -5.71. The third-order valence-electron chi connectivity index (χ3n) is 7.46. The number of pyridine rings is 2. The predicted octanol–water partition coefficient (Wildman–Crippen LogP) is 4.62. The molecule has 206 valence electrons. The molecule has 1 aliphatic rings. The van der Waals surface area contributed by atoms with E-state index in [0.717, 1.165) is 29.3 Å². The molecule has 0 saturated heterocycles. The van der Waals surface area contributed by atoms with Gasteiger partial charge in [-0.25, -0.2) is 24.0 Å². The van der Waals surface area contributed by atoms with Gasteiger partial charge < -0.3 is 11.1 Å². The smallest absolute Gasteiger partial charge is 0.251 e. The molecule has 42 heavy (non-hydrogen) atoms. The van der Waals surface area contributed by atoms with Crippen LogP contribution in [0, 0.1) is 5.82 Å². The maximum atomic E-state index is 13.8. The van der Waals surface area contributed by atoms with Crippen molar-refractivity contribution < 1.29 is 14.0 Å². The Morgan fingerprint density at radius 2 is 1.95 bits per heavy atom. The number of nitrogens with zero attached hydrogens (tertiary/aromatic N) is 6. The number of anilines is 1. The molecule has 0 fully saturated rings. The van der Waals surface area contributed by atoms with Gasteiger partial charge in [0, 0.05) is 29.8 Å². The SMILES string of the molecule is Nc1ncccc1-c1nc2ccc(-n3cccn3)nc2n1-c1ccc2c(c1)CC[C@@H]2NC(=O)c1ccc(F)c(C=O)c1. The third-order valence-corrected chi connectivity index (χ3v) is 7.46. The van der Waals surface area contributed by atoms with Crippen molar-refractivity contribution in [2.75, 3.05) is 5.73 Å². The lowest BCUT2D eigenvalue weighted by atomic mass is 10.1. The second-order valence-corrected chi connectivity index (χ2v) is 9.97. The lowest BCUT2D eigenvalue weighted by Crippen LogP contribution is -2.27. The molecule has 0 radical (unpaired) electrons. The van der Waals surface area contributed by atoms with E-state index < -0.39 is 5.82 Å². The Bertz CT molecular complexity index is 2000. The number of hydrogen-bond acceptors (Lipinski definition) is 7. The topological polar surface area (TPSA) is 134 Å². The van der Waals surface area contributed by atoms with Gasteiger partial charge in [0.15, 0.2) is 23.6 Å². The Labute approximate surface area is 238 Å². The van der Waals surface area contributed by atoms with Gasteiger partial charge in [-0.3, -0.25) is 14.2 Å². The summed E-state index contributed by atoms with van der Waals surface area (Å²) in [5.74, 6) is 0.563. The largest absolute Gasteiger partial charge is 0.383 e. The van der Waals surface area contributed by atoms with E-state index in [9.17, 15) is 14.0 Å². The number of aromatic nitrogens is 6. The number of amides is 1. The summed E-state index contributed by atoms with van der Waals surface area (Å²) in [4.78, 5) is 38.1. The minimum atomic E-state index is -0.661. The standard InChI is InChI=1S/C31H23FN8O2/c32-24-8-4-19(15-20(24)17-41)31(42)37-25-9-5-18-16-21(6-7-22(18)25)40-29(23-3-1-12-34-28(23)33)36-26-10-11-27(38-30(26)40)39-14-2-13-35-39/h1-4,6-8,10-17,25H,5,9H2,(H2,33,34)(H,37,42)/t25-/m0/s1. The number of aldehydes is 1. The van der Waals surface area contributed by atoms with Gasteiger partial charge in [-0.2, -0.15) is 5.10 Å². The average Bonchev–Trinajstić information content (AvgIpc) is 3.76. The fraction of sp³-hybridized carbons (Fsp3) is 0.0968. The molecule has 0 spiro atoms. The first-order valence-corrected chi connectivity index (χ1v) is 13.3. The first kappa shape index (κ1) is 25.3. The summed E-state index contributed by atoms with van der Waals surface area (Å²) in [7, 11) is 0. The summed E-state index contributed by atoms with van der Waals surface area (Å²) >= 11 is 0. The van der Waals surface area contributed by atoms with Crippen LogP contribution in [-0.2, 0) is 6.42 Å². The highest BCUT2D eigenvalue weighted by atomic mass is 19.1. The van der Waals surface area contributed by atoms with Crippen molar-refractivity contribution >= 4 is 29.2 Å². The fourth-order valence-corrected chi connectivity index (χ4v) is 5.42. The number of imidazole rings is 1. The maximum absolute atomic E-state index is 13.8. The van der Waals surface area contributed by atoms with Crippen molar-refractivity contribution in [3.05, 3.63) is 113 Å². The lowest BCUT2D eigenvalue weighted by molar-refractivity contribution is 0.0936. The summed E-state index contributed by atoms with van der Waals surface area (Å²) in [6.07, 6.45) is 6.98. The normalized spacial score (nSPS) is 14.2. The summed E-state index contributed by atoms with van der Waals surface area (Å²) < 4.78 is 17.4. The monoisotopic (exact) mass is 558 g/mol. The van der Waals surface area contributed by atoms with Crippen LogP contribution in [0.1, 0.15) is 44.3 Å². The molecule has 7 rings (SSSR count). The number of aryl methyl sites for hydroxylation is 1. The molecule has 3 N–H and O–H groups in total. The molecule has 2 aromatic carbocycles. The van der Waals surface area contributed by atoms with Crippen molar-refractivity contribution in [2.45, 2.75) is 18.9 Å². The number of nitrogen functional groups attached to an aromatic ring is 1. The number of rotatable bonds is 6. The summed E-state index contributed by atoms with van der Waals surface area (Å²) in [6.45, 7) is 0. The molecule has 11 heteroatoms. The number of carbonyl (C=O) groups excluding carboxylic acids is 2. The van der Waals surface area contributed by atoms with Crippen LogP contribution < -0.4 is 11.1 Å². The molecule has 4 aromatic heterocycles. The van der Waals surface area contributed by atoms with Crippen LogP contribution in [-0.4, -0.2) is 41.5 Å². The molecule has 0 unspecified atom stereocenters. The van der Waals surface area contributed by atoms with Gasteiger partial charge in [0.25, 0.3) is 5.91 Å². The van der Waals surface area contributed by atoms with Crippen molar-refractivity contribution in [1.82, 2.24) is 34.6 Å². The molecule has 0 aliphatic heterocycles. The maximum Gasteiger partial charge on any atom is 0.251 e. The predicted molar refractivity (Wildman–Crippen MR) is 154 cm³/mol. The highest BCUT2D eigenvalue weighted by molar-refractivity contribution is 5.96. The van der Waals surface area contributed by atoms with Crippen molar-refractivity contribution in [1.29, 1.82) is 0 Å². The molecular formula is C31H23FN8O2. The average molecular weight is 559 g/mol. The zero-order chi connectivity index (χ0) is 28.8. The summed E-state index contributed by atoms with van der Waals surface area (Å²) in [5, 5.41) is 7.34. The molecule has 1 aliphatic carbocycles. The van der Waals surface area contributed by atoms with E-state index in [2.05, 4.69) is 21.5 Å². The molecule has 1 atom stereocenters. The van der Waals surface area contributed by atoms with Crippen LogP contribution in [0.4, 0.5) is 10.2 Å². The van der Waals surface area contributed by atoms with Crippen LogP contribution in [0.15, 0.2) is 85.3 Å². The van der Waals surface area contributed by atoms with Crippen molar-refractivity contribution in [3.63, 3.8) is 0 Å². The van der Waals surface area contributed by atoms with Crippen LogP contribution in [0.2, 0.25) is 0 Å². The second-order valence-electron chi connectivity index (χ2n) is 9.97. The van der Waals surface area contributed by atoms with Crippen LogP contribution >= 0.6 is 0 Å². The first-order valence-electron chi connectivity index (χ1n) is 13.3. The number of hydrogen-bond donors (Lipinski definition) is 2. The lowest BCUT2D eigenvalue weighted by Gasteiger charge is -2.16. The van der Waals surface area contributed by atoms with Gasteiger partial charge in [-0.05, 0) is 84.6 Å². The zero-order valence-corrected chi connectivity index (χ0v) is 22.1. The Kier molecular flexibility index (Phi) is 6.04. The minimum absolute atomic E-state index is 0.152. The van der Waals surface area contributed by atoms with Crippen LogP contribution in [0.25, 0.3) is 34.1 Å². The van der Waals surface area contributed by atoms with Crippen molar-refractivity contribution in [2.24, 2.45) is 0 Å². The van der Waals surface area contributed by atoms with E-state index in [1.165, 1.54) is 12.1 Å².